The molecule has 30 heavy (non-hydrogen) atoms. The van der Waals surface area contributed by atoms with E-state index in [0.29, 0.717) is 26.7 Å². The summed E-state index contributed by atoms with van der Waals surface area (Å²) >= 11 is 13.0. The normalized spacial score (nSPS) is 11.9. The largest absolute Gasteiger partial charge is 0.480 e. The van der Waals surface area contributed by atoms with Crippen molar-refractivity contribution in [1.29, 1.82) is 0 Å². The van der Waals surface area contributed by atoms with Crippen molar-refractivity contribution in [2.75, 3.05) is 11.1 Å². The van der Waals surface area contributed by atoms with Crippen LogP contribution in [0.1, 0.15) is 18.9 Å². The van der Waals surface area contributed by atoms with Crippen LogP contribution in [0.4, 0.5) is 14.5 Å². The topological polar surface area (TPSA) is 69.0 Å². The summed E-state index contributed by atoms with van der Waals surface area (Å²) in [6.45, 7) is 1.66. The van der Waals surface area contributed by atoms with Crippen LogP contribution in [-0.2, 0) is 11.8 Å². The first-order valence-corrected chi connectivity index (χ1v) is 10.4. The number of halogens is 4. The van der Waals surface area contributed by atoms with Crippen LogP contribution in [0.3, 0.4) is 0 Å². The van der Waals surface area contributed by atoms with E-state index in [2.05, 4.69) is 15.5 Å². The second kappa shape index (κ2) is 9.63. The Morgan fingerprint density at radius 2 is 1.90 bits per heavy atom. The van der Waals surface area contributed by atoms with Gasteiger partial charge in [0.2, 0.25) is 5.91 Å². The van der Waals surface area contributed by atoms with Crippen molar-refractivity contribution in [3.8, 4) is 5.75 Å². The molecule has 3 rings (SSSR count). The van der Waals surface area contributed by atoms with Crippen LogP contribution in [-0.4, -0.2) is 26.4 Å². The minimum absolute atomic E-state index is 0.0674. The van der Waals surface area contributed by atoms with Gasteiger partial charge in [-0.05, 0) is 37.3 Å². The lowest BCUT2D eigenvalue weighted by Gasteiger charge is -2.14. The van der Waals surface area contributed by atoms with E-state index < -0.39 is 17.7 Å². The van der Waals surface area contributed by atoms with Gasteiger partial charge in [0.05, 0.1) is 5.75 Å². The highest BCUT2D eigenvalue weighted by molar-refractivity contribution is 7.99. The van der Waals surface area contributed by atoms with E-state index in [1.54, 1.807) is 36.7 Å². The van der Waals surface area contributed by atoms with Crippen LogP contribution in [0, 0.1) is 11.6 Å². The fourth-order valence-electron chi connectivity index (χ4n) is 2.57. The third kappa shape index (κ3) is 5.62. The summed E-state index contributed by atoms with van der Waals surface area (Å²) in [6, 6.07) is 7.80. The number of carbonyl (C=O) groups excluding carboxylic acids is 1. The average Bonchev–Trinajstić information content (AvgIpc) is 3.02. The van der Waals surface area contributed by atoms with Gasteiger partial charge >= 0.3 is 0 Å². The van der Waals surface area contributed by atoms with Crippen molar-refractivity contribution in [3.63, 3.8) is 0 Å². The Balaban J connectivity index is 1.61. The third-order valence-electron chi connectivity index (χ3n) is 3.91. The van der Waals surface area contributed by atoms with Crippen molar-refractivity contribution in [1.82, 2.24) is 14.8 Å². The highest BCUT2D eigenvalue weighted by atomic mass is 35.5. The Bertz CT molecular complexity index is 1060. The zero-order valence-electron chi connectivity index (χ0n) is 15.8. The lowest BCUT2D eigenvalue weighted by molar-refractivity contribution is -0.113. The molecule has 0 aliphatic rings. The predicted molar refractivity (Wildman–Crippen MR) is 112 cm³/mol. The van der Waals surface area contributed by atoms with Crippen LogP contribution in [0.2, 0.25) is 10.0 Å². The number of ether oxygens (including phenoxy) is 1. The molecule has 2 aromatic carbocycles. The Hall–Kier alpha value is -2.36. The van der Waals surface area contributed by atoms with Crippen LogP contribution in [0.5, 0.6) is 5.75 Å². The number of hydrogen-bond acceptors (Lipinski definition) is 5. The average molecular weight is 473 g/mol. The van der Waals surface area contributed by atoms with E-state index in [9.17, 15) is 13.6 Å². The number of amides is 1. The molecule has 1 aromatic heterocycles. The zero-order chi connectivity index (χ0) is 21.8. The molecule has 11 heteroatoms. The number of rotatable bonds is 7. The van der Waals surface area contributed by atoms with Crippen LogP contribution >= 0.6 is 35.0 Å². The van der Waals surface area contributed by atoms with Gasteiger partial charge in [-0.25, -0.2) is 8.78 Å². The number of nitrogens with zero attached hydrogens (tertiary/aromatic N) is 3. The van der Waals surface area contributed by atoms with Crippen LogP contribution in [0.15, 0.2) is 41.6 Å². The molecule has 1 unspecified atom stereocenters. The molecule has 0 radical (unpaired) electrons. The standard InChI is InChI=1S/C19H16Cl2F2N4O2S/c1-10(29-16-4-3-13(22)8-15(16)23)18-25-26-19(27(18)2)30-9-17(28)24-14-6-11(20)5-12(21)7-14/h3-8,10H,9H2,1-2H3,(H,24,28). The smallest absolute Gasteiger partial charge is 0.234 e. The number of nitrogens with one attached hydrogen (secondary N) is 1. The van der Waals surface area contributed by atoms with E-state index in [1.165, 1.54) is 6.07 Å². The summed E-state index contributed by atoms with van der Waals surface area (Å²) in [5.41, 5.74) is 0.486. The summed E-state index contributed by atoms with van der Waals surface area (Å²) in [7, 11) is 1.70. The molecule has 6 nitrogen and oxygen atoms in total. The molecule has 0 spiro atoms. The molecular weight excluding hydrogens is 457 g/mol. The number of benzene rings is 2. The quantitative estimate of drug-likeness (QED) is 0.474. The Morgan fingerprint density at radius 1 is 1.20 bits per heavy atom. The maximum atomic E-state index is 13.8. The molecule has 0 saturated heterocycles. The van der Waals surface area contributed by atoms with Crippen molar-refractivity contribution >= 4 is 46.6 Å². The van der Waals surface area contributed by atoms with Crippen molar-refractivity contribution in [2.24, 2.45) is 7.05 Å². The minimum Gasteiger partial charge on any atom is -0.480 e. The number of thioether (sulfide) groups is 1. The molecule has 0 fully saturated rings. The molecule has 0 bridgehead atoms. The van der Waals surface area contributed by atoms with Crippen LogP contribution in [0.25, 0.3) is 0 Å². The van der Waals surface area contributed by atoms with Crippen molar-refractivity contribution < 1.29 is 18.3 Å². The lowest BCUT2D eigenvalue weighted by atomic mass is 10.3. The van der Waals surface area contributed by atoms with Gasteiger partial charge in [-0.3, -0.25) is 4.79 Å². The van der Waals surface area contributed by atoms with Crippen molar-refractivity contribution in [3.05, 3.63) is 63.9 Å². The Labute approximate surface area is 185 Å². The number of aromatic nitrogens is 3. The molecular formula is C19H16Cl2F2N4O2S. The van der Waals surface area contributed by atoms with Crippen LogP contribution < -0.4 is 10.1 Å². The first-order valence-electron chi connectivity index (χ1n) is 8.62. The molecule has 1 amide bonds. The molecule has 1 atom stereocenters. The number of anilines is 1. The Kier molecular flexibility index (Phi) is 7.17. The van der Waals surface area contributed by atoms with Gasteiger partial charge < -0.3 is 14.6 Å². The molecule has 1 heterocycles. The summed E-state index contributed by atoms with van der Waals surface area (Å²) in [4.78, 5) is 12.2. The maximum Gasteiger partial charge on any atom is 0.234 e. The molecule has 0 saturated carbocycles. The van der Waals surface area contributed by atoms with Gasteiger partial charge in [-0.15, -0.1) is 10.2 Å². The monoisotopic (exact) mass is 472 g/mol. The second-order valence-electron chi connectivity index (χ2n) is 6.23. The summed E-state index contributed by atoms with van der Waals surface area (Å²) in [6.07, 6.45) is -0.653. The SMILES string of the molecule is CC(Oc1ccc(F)cc1F)c1nnc(SCC(=O)Nc2cc(Cl)cc(Cl)c2)n1C. The Morgan fingerprint density at radius 3 is 2.57 bits per heavy atom. The fourth-order valence-corrected chi connectivity index (χ4v) is 3.82. The third-order valence-corrected chi connectivity index (χ3v) is 5.37. The molecule has 0 aliphatic heterocycles. The minimum atomic E-state index is -0.809. The zero-order valence-corrected chi connectivity index (χ0v) is 18.2. The second-order valence-corrected chi connectivity index (χ2v) is 8.04. The van der Waals surface area contributed by atoms with E-state index in [-0.39, 0.29) is 17.4 Å². The van der Waals surface area contributed by atoms with Gasteiger partial charge in [0.15, 0.2) is 28.7 Å². The molecule has 0 aliphatic carbocycles. The number of carbonyl (C=O) groups is 1. The molecule has 1 N–H and O–H groups in total. The summed E-state index contributed by atoms with van der Waals surface area (Å²) in [5, 5.41) is 12.1. The van der Waals surface area contributed by atoms with Gasteiger partial charge in [0.1, 0.15) is 5.82 Å². The molecule has 3 aromatic rings. The first-order chi connectivity index (χ1) is 14.2. The molecule has 158 valence electrons. The van der Waals surface area contributed by atoms with E-state index in [1.807, 2.05) is 0 Å². The van der Waals surface area contributed by atoms with E-state index in [4.69, 9.17) is 27.9 Å². The van der Waals surface area contributed by atoms with Crippen molar-refractivity contribution in [2.45, 2.75) is 18.2 Å². The first kappa shape index (κ1) is 22.3. The van der Waals surface area contributed by atoms with Gasteiger partial charge in [0, 0.05) is 28.8 Å². The van der Waals surface area contributed by atoms with Gasteiger partial charge in [-0.2, -0.15) is 0 Å². The van der Waals surface area contributed by atoms with Gasteiger partial charge in [0.25, 0.3) is 0 Å². The fraction of sp³-hybridized carbons (Fsp3) is 0.211. The lowest BCUT2D eigenvalue weighted by Crippen LogP contribution is -2.15. The van der Waals surface area contributed by atoms with Gasteiger partial charge in [-0.1, -0.05) is 35.0 Å². The summed E-state index contributed by atoms with van der Waals surface area (Å²) in [5.74, 6) is -1.39. The summed E-state index contributed by atoms with van der Waals surface area (Å²) < 4.78 is 34.0. The highest BCUT2D eigenvalue weighted by Gasteiger charge is 2.19. The predicted octanol–water partition coefficient (Wildman–Crippen LogP) is 5.27. The van der Waals surface area contributed by atoms with E-state index >= 15 is 0 Å². The highest BCUT2D eigenvalue weighted by Crippen LogP contribution is 2.26. The maximum absolute atomic E-state index is 13.8. The number of hydrogen-bond donors (Lipinski definition) is 1. The van der Waals surface area contributed by atoms with E-state index in [0.717, 1.165) is 23.9 Å².